The highest BCUT2D eigenvalue weighted by Gasteiger charge is 2.24. The lowest BCUT2D eigenvalue weighted by atomic mass is 9.96. The molecule has 6 heteroatoms. The summed E-state index contributed by atoms with van der Waals surface area (Å²) < 4.78 is 30.0. The maximum atomic E-state index is 13.4. The largest absolute Gasteiger partial charge is 0.493 e. The molecular weight excluding hydrogens is 395 g/mol. The number of halogens is 1. The third-order valence-electron chi connectivity index (χ3n) is 6.30. The van der Waals surface area contributed by atoms with Crippen molar-refractivity contribution in [1.29, 1.82) is 0 Å². The van der Waals surface area contributed by atoms with E-state index in [0.717, 1.165) is 62.8 Å². The summed E-state index contributed by atoms with van der Waals surface area (Å²) >= 11 is 0. The molecule has 5 nitrogen and oxygen atoms in total. The van der Waals surface area contributed by atoms with Crippen LogP contribution < -0.4 is 14.2 Å². The van der Waals surface area contributed by atoms with Gasteiger partial charge >= 0.3 is 0 Å². The summed E-state index contributed by atoms with van der Waals surface area (Å²) in [7, 11) is 1.67. The monoisotopic (exact) mass is 428 g/mol. The van der Waals surface area contributed by atoms with Crippen LogP contribution in [0.2, 0.25) is 0 Å². The standard InChI is InChI=1S/C25H33FN2O3/c1-3-27(17-21-13-23(29-2)25-24(14-21)30-18-31-25)15-20-7-5-10-28(16-20)11-9-19-6-4-8-22(26)12-19/h4,6,8,12-14,20H,3,5,7,9-11,15-18H2,1-2H3/t20-/m1/s1. The van der Waals surface area contributed by atoms with E-state index < -0.39 is 0 Å². The van der Waals surface area contributed by atoms with Crippen LogP contribution in [-0.2, 0) is 13.0 Å². The summed E-state index contributed by atoms with van der Waals surface area (Å²) in [6, 6.07) is 11.1. The Morgan fingerprint density at radius 3 is 2.90 bits per heavy atom. The highest BCUT2D eigenvalue weighted by atomic mass is 19.1. The van der Waals surface area contributed by atoms with Crippen LogP contribution >= 0.6 is 0 Å². The zero-order valence-electron chi connectivity index (χ0n) is 18.6. The quantitative estimate of drug-likeness (QED) is 0.594. The number of hydrogen-bond acceptors (Lipinski definition) is 5. The minimum atomic E-state index is -0.146. The third-order valence-corrected chi connectivity index (χ3v) is 6.30. The van der Waals surface area contributed by atoms with E-state index >= 15 is 0 Å². The predicted octanol–water partition coefficient (Wildman–Crippen LogP) is 4.34. The van der Waals surface area contributed by atoms with Gasteiger partial charge in [0.25, 0.3) is 0 Å². The van der Waals surface area contributed by atoms with Crippen molar-refractivity contribution >= 4 is 0 Å². The molecule has 4 rings (SSSR count). The average molecular weight is 429 g/mol. The second kappa shape index (κ2) is 10.3. The van der Waals surface area contributed by atoms with E-state index in [1.807, 2.05) is 6.07 Å². The molecular formula is C25H33FN2O3. The molecule has 0 aromatic heterocycles. The second-order valence-corrected chi connectivity index (χ2v) is 8.55. The lowest BCUT2D eigenvalue weighted by molar-refractivity contribution is 0.133. The zero-order valence-corrected chi connectivity index (χ0v) is 18.6. The summed E-state index contributed by atoms with van der Waals surface area (Å²) in [5, 5.41) is 0. The number of fused-ring (bicyclic) bond motifs is 1. The van der Waals surface area contributed by atoms with E-state index in [4.69, 9.17) is 14.2 Å². The SMILES string of the molecule is CCN(Cc1cc(OC)c2c(c1)OCO2)C[C@H]1CCCN(CCc2cccc(F)c2)C1. The van der Waals surface area contributed by atoms with E-state index in [0.29, 0.717) is 11.7 Å². The summed E-state index contributed by atoms with van der Waals surface area (Å²) in [5.74, 6) is 2.72. The normalized spacial score (nSPS) is 18.5. The Morgan fingerprint density at radius 2 is 2.10 bits per heavy atom. The number of piperidine rings is 1. The molecule has 2 aromatic carbocycles. The minimum Gasteiger partial charge on any atom is -0.493 e. The highest BCUT2D eigenvalue weighted by molar-refractivity contribution is 5.55. The van der Waals surface area contributed by atoms with E-state index in [2.05, 4.69) is 28.9 Å². The molecule has 1 saturated heterocycles. The van der Waals surface area contributed by atoms with Crippen LogP contribution in [0.25, 0.3) is 0 Å². The van der Waals surface area contributed by atoms with E-state index in [-0.39, 0.29) is 12.6 Å². The van der Waals surface area contributed by atoms with E-state index in [9.17, 15) is 4.39 Å². The fourth-order valence-electron chi connectivity index (χ4n) is 4.69. The number of likely N-dealkylation sites (tertiary alicyclic amines) is 1. The number of ether oxygens (including phenoxy) is 3. The van der Waals surface area contributed by atoms with Crippen LogP contribution in [0.1, 0.15) is 30.9 Å². The molecule has 0 unspecified atom stereocenters. The molecule has 0 radical (unpaired) electrons. The van der Waals surface area contributed by atoms with Gasteiger partial charge in [0.2, 0.25) is 12.5 Å². The lowest BCUT2D eigenvalue weighted by Gasteiger charge is -2.35. The number of rotatable bonds is 9. The minimum absolute atomic E-state index is 0.146. The van der Waals surface area contributed by atoms with Gasteiger partial charge in [0.05, 0.1) is 7.11 Å². The smallest absolute Gasteiger partial charge is 0.231 e. The molecule has 2 aliphatic heterocycles. The van der Waals surface area contributed by atoms with Crippen molar-refractivity contribution in [3.63, 3.8) is 0 Å². The first-order chi connectivity index (χ1) is 15.1. The molecule has 168 valence electrons. The van der Waals surface area contributed by atoms with Crippen molar-refractivity contribution in [3.8, 4) is 17.2 Å². The molecule has 0 N–H and O–H groups in total. The van der Waals surface area contributed by atoms with Gasteiger partial charge < -0.3 is 19.1 Å². The maximum absolute atomic E-state index is 13.4. The summed E-state index contributed by atoms with van der Waals surface area (Å²) in [6.45, 7) is 8.64. The Balaban J connectivity index is 1.32. The molecule has 31 heavy (non-hydrogen) atoms. The van der Waals surface area contributed by atoms with Crippen molar-refractivity contribution in [1.82, 2.24) is 9.80 Å². The van der Waals surface area contributed by atoms with Gasteiger partial charge in [-0.15, -0.1) is 0 Å². The summed E-state index contributed by atoms with van der Waals surface area (Å²) in [4.78, 5) is 5.04. The van der Waals surface area contributed by atoms with E-state index in [1.54, 1.807) is 19.2 Å². The van der Waals surface area contributed by atoms with Gasteiger partial charge in [0.15, 0.2) is 11.5 Å². The van der Waals surface area contributed by atoms with Crippen molar-refractivity contribution in [2.45, 2.75) is 32.7 Å². The number of benzene rings is 2. The molecule has 0 spiro atoms. The van der Waals surface area contributed by atoms with Gasteiger partial charge in [-0.3, -0.25) is 4.90 Å². The van der Waals surface area contributed by atoms with Gasteiger partial charge in [-0.1, -0.05) is 19.1 Å². The van der Waals surface area contributed by atoms with Crippen LogP contribution in [0.3, 0.4) is 0 Å². The van der Waals surface area contributed by atoms with E-state index in [1.165, 1.54) is 24.5 Å². The summed E-state index contributed by atoms with van der Waals surface area (Å²) in [5.41, 5.74) is 2.26. The Morgan fingerprint density at radius 1 is 1.19 bits per heavy atom. The van der Waals surface area contributed by atoms with Crippen LogP contribution in [0.15, 0.2) is 36.4 Å². The average Bonchev–Trinajstić information content (AvgIpc) is 3.26. The number of methoxy groups -OCH3 is 1. The molecule has 0 saturated carbocycles. The van der Waals surface area contributed by atoms with Crippen LogP contribution in [-0.4, -0.2) is 56.4 Å². The summed E-state index contributed by atoms with van der Waals surface area (Å²) in [6.07, 6.45) is 3.39. The van der Waals surface area contributed by atoms with Gasteiger partial charge in [-0.05, 0) is 73.7 Å². The van der Waals surface area contributed by atoms with Gasteiger partial charge in [0, 0.05) is 26.2 Å². The molecule has 2 aromatic rings. The molecule has 0 amide bonds. The first-order valence-corrected chi connectivity index (χ1v) is 11.3. The first kappa shape index (κ1) is 21.9. The molecule has 1 fully saturated rings. The second-order valence-electron chi connectivity index (χ2n) is 8.55. The topological polar surface area (TPSA) is 34.2 Å². The first-order valence-electron chi connectivity index (χ1n) is 11.3. The maximum Gasteiger partial charge on any atom is 0.231 e. The fraction of sp³-hybridized carbons (Fsp3) is 0.520. The van der Waals surface area contributed by atoms with Crippen LogP contribution in [0, 0.1) is 11.7 Å². The van der Waals surface area contributed by atoms with Crippen LogP contribution in [0.4, 0.5) is 4.39 Å². The zero-order chi connectivity index (χ0) is 21.6. The molecule has 2 aliphatic rings. The molecule has 1 atom stereocenters. The fourth-order valence-corrected chi connectivity index (χ4v) is 4.69. The van der Waals surface area contributed by atoms with Crippen molar-refractivity contribution < 1.29 is 18.6 Å². The number of nitrogens with zero attached hydrogens (tertiary/aromatic N) is 2. The van der Waals surface area contributed by atoms with Gasteiger partial charge in [-0.2, -0.15) is 0 Å². The predicted molar refractivity (Wildman–Crippen MR) is 119 cm³/mol. The van der Waals surface area contributed by atoms with Crippen molar-refractivity contribution in [3.05, 3.63) is 53.3 Å². The van der Waals surface area contributed by atoms with Crippen LogP contribution in [0.5, 0.6) is 17.2 Å². The van der Waals surface area contributed by atoms with Gasteiger partial charge in [-0.25, -0.2) is 4.39 Å². The Labute approximate surface area is 184 Å². The molecule has 0 bridgehead atoms. The lowest BCUT2D eigenvalue weighted by Crippen LogP contribution is -2.41. The molecule has 0 aliphatic carbocycles. The number of hydrogen-bond donors (Lipinski definition) is 0. The Bertz CT molecular complexity index is 876. The van der Waals surface area contributed by atoms with Crippen molar-refractivity contribution in [2.24, 2.45) is 5.92 Å². The highest BCUT2D eigenvalue weighted by Crippen LogP contribution is 2.42. The third kappa shape index (κ3) is 5.69. The van der Waals surface area contributed by atoms with Gasteiger partial charge in [0.1, 0.15) is 5.82 Å². The van der Waals surface area contributed by atoms with Crippen molar-refractivity contribution in [2.75, 3.05) is 46.6 Å². The molecule has 2 heterocycles. The Hall–Kier alpha value is -2.31. The Kier molecular flexibility index (Phi) is 7.30.